The zero-order chi connectivity index (χ0) is 17.4. The van der Waals surface area contributed by atoms with Crippen molar-refractivity contribution in [1.29, 1.82) is 0 Å². The topological polar surface area (TPSA) is 55.3 Å². The summed E-state index contributed by atoms with van der Waals surface area (Å²) in [6.45, 7) is 1.86. The fraction of sp³-hybridized carbons (Fsp3) is 0.333. The molecule has 0 spiro atoms. The zero-order valence-corrected chi connectivity index (χ0v) is 15.6. The Hall–Kier alpha value is -2.06. The molecule has 0 heterocycles. The van der Waals surface area contributed by atoms with Gasteiger partial charge in [-0.3, -0.25) is 10.9 Å². The van der Waals surface area contributed by atoms with Crippen molar-refractivity contribution < 1.29 is 0 Å². The average molecular weight is 351 g/mol. The number of nitrogens with one attached hydrogen (secondary N) is 2. The summed E-state index contributed by atoms with van der Waals surface area (Å²) in [7, 11) is 7.41. The van der Waals surface area contributed by atoms with Gasteiger partial charge in [-0.25, -0.2) is 0 Å². The van der Waals surface area contributed by atoms with Gasteiger partial charge in [-0.2, -0.15) is 10.2 Å². The summed E-state index contributed by atoms with van der Waals surface area (Å²) < 4.78 is 0. The van der Waals surface area contributed by atoms with Crippen molar-refractivity contribution in [3.63, 3.8) is 0 Å². The fourth-order valence-corrected chi connectivity index (χ4v) is 1.53. The summed E-state index contributed by atoms with van der Waals surface area (Å²) >= 11 is 10.4. The first-order valence-electron chi connectivity index (χ1n) is 6.95. The van der Waals surface area contributed by atoms with Crippen molar-refractivity contribution in [2.24, 2.45) is 10.2 Å². The minimum absolute atomic E-state index is 0.517. The SMILES string of the molecule is CC(=N\NC(=S)N(C)C)/C(=N/NC(=S)N(C)C)c1ccccc1. The third-order valence-electron chi connectivity index (χ3n) is 2.78. The van der Waals surface area contributed by atoms with Crippen LogP contribution >= 0.6 is 24.4 Å². The normalized spacial score (nSPS) is 11.7. The van der Waals surface area contributed by atoms with Crippen molar-refractivity contribution in [3.05, 3.63) is 35.9 Å². The Balaban J connectivity index is 3.04. The van der Waals surface area contributed by atoms with Gasteiger partial charge in [0.1, 0.15) is 5.71 Å². The predicted molar refractivity (Wildman–Crippen MR) is 105 cm³/mol. The van der Waals surface area contributed by atoms with Crippen molar-refractivity contribution in [3.8, 4) is 0 Å². The maximum Gasteiger partial charge on any atom is 0.189 e. The Morgan fingerprint density at radius 2 is 1.35 bits per heavy atom. The van der Waals surface area contributed by atoms with E-state index in [1.807, 2.05) is 65.4 Å². The van der Waals surface area contributed by atoms with E-state index in [1.54, 1.807) is 9.80 Å². The van der Waals surface area contributed by atoms with E-state index < -0.39 is 0 Å². The lowest BCUT2D eigenvalue weighted by atomic mass is 10.1. The summed E-state index contributed by atoms with van der Waals surface area (Å²) in [5.74, 6) is 0. The van der Waals surface area contributed by atoms with Gasteiger partial charge in [-0.15, -0.1) is 0 Å². The predicted octanol–water partition coefficient (Wildman–Crippen LogP) is 1.64. The lowest BCUT2D eigenvalue weighted by molar-refractivity contribution is 0.605. The Morgan fingerprint density at radius 3 is 1.83 bits per heavy atom. The molecule has 0 fully saturated rings. The Morgan fingerprint density at radius 1 is 0.870 bits per heavy atom. The number of thiocarbonyl (C=S) groups is 2. The molecular formula is C15H22N6S2. The number of hydrogen-bond acceptors (Lipinski definition) is 4. The first kappa shape index (κ1) is 19.0. The molecule has 23 heavy (non-hydrogen) atoms. The third kappa shape index (κ3) is 6.29. The maximum absolute atomic E-state index is 5.20. The second-order valence-electron chi connectivity index (χ2n) is 5.15. The standard InChI is InChI=1S/C15H22N6S2/c1-11(16-18-14(22)20(2)3)13(12-9-7-6-8-10-12)17-19-15(23)21(4)5/h6-10H,1-5H3,(H,18,22)(H,19,23)/b16-11+,17-13-. The van der Waals surface area contributed by atoms with Gasteiger partial charge in [0, 0.05) is 33.8 Å². The first-order valence-corrected chi connectivity index (χ1v) is 7.77. The molecule has 0 aliphatic rings. The van der Waals surface area contributed by atoms with Crippen LogP contribution < -0.4 is 10.9 Å². The largest absolute Gasteiger partial charge is 0.354 e. The van der Waals surface area contributed by atoms with Gasteiger partial charge in [-0.05, 0) is 31.4 Å². The van der Waals surface area contributed by atoms with Crippen LogP contribution in [0.15, 0.2) is 40.5 Å². The Labute approximate surface area is 148 Å². The number of nitrogens with zero attached hydrogens (tertiary/aromatic N) is 4. The molecule has 0 atom stereocenters. The molecule has 0 aliphatic heterocycles. The number of hydrazone groups is 2. The summed E-state index contributed by atoms with van der Waals surface area (Å²) in [6, 6.07) is 9.76. The van der Waals surface area contributed by atoms with Crippen LogP contribution in [0.3, 0.4) is 0 Å². The molecule has 0 amide bonds. The summed E-state index contributed by atoms with van der Waals surface area (Å²) in [4.78, 5) is 3.54. The first-order chi connectivity index (χ1) is 10.8. The van der Waals surface area contributed by atoms with E-state index in [1.165, 1.54) is 0 Å². The molecule has 2 N–H and O–H groups in total. The summed E-state index contributed by atoms with van der Waals surface area (Å²) in [5.41, 5.74) is 8.01. The van der Waals surface area contributed by atoms with E-state index in [-0.39, 0.29) is 0 Å². The van der Waals surface area contributed by atoms with E-state index in [0.29, 0.717) is 21.6 Å². The van der Waals surface area contributed by atoms with Gasteiger partial charge >= 0.3 is 0 Å². The fourth-order valence-electron chi connectivity index (χ4n) is 1.44. The lowest BCUT2D eigenvalue weighted by Gasteiger charge is -2.15. The second kappa shape index (κ2) is 9.16. The van der Waals surface area contributed by atoms with Crippen LogP contribution in [0, 0.1) is 0 Å². The molecule has 1 rings (SSSR count). The van der Waals surface area contributed by atoms with Crippen molar-refractivity contribution in [2.75, 3.05) is 28.2 Å². The van der Waals surface area contributed by atoms with Crippen LogP contribution in [-0.4, -0.2) is 59.6 Å². The van der Waals surface area contributed by atoms with Gasteiger partial charge in [0.2, 0.25) is 0 Å². The van der Waals surface area contributed by atoms with Gasteiger partial charge in [0.25, 0.3) is 0 Å². The van der Waals surface area contributed by atoms with Gasteiger partial charge < -0.3 is 9.80 Å². The molecule has 1 aromatic rings. The highest BCUT2D eigenvalue weighted by Crippen LogP contribution is 2.03. The smallest absolute Gasteiger partial charge is 0.189 e. The average Bonchev–Trinajstić information content (AvgIpc) is 2.53. The number of hydrogen-bond donors (Lipinski definition) is 2. The van der Waals surface area contributed by atoms with Gasteiger partial charge in [-0.1, -0.05) is 30.3 Å². The van der Waals surface area contributed by atoms with Crippen LogP contribution in [-0.2, 0) is 0 Å². The number of rotatable bonds is 4. The highest BCUT2D eigenvalue weighted by Gasteiger charge is 2.09. The van der Waals surface area contributed by atoms with Gasteiger partial charge in [0.15, 0.2) is 10.2 Å². The van der Waals surface area contributed by atoms with Crippen LogP contribution in [0.2, 0.25) is 0 Å². The summed E-state index contributed by atoms with van der Waals surface area (Å²) in [6.07, 6.45) is 0. The molecular weight excluding hydrogens is 328 g/mol. The Kier molecular flexibility index (Phi) is 7.56. The highest BCUT2D eigenvalue weighted by atomic mass is 32.1. The van der Waals surface area contributed by atoms with Crippen LogP contribution in [0.4, 0.5) is 0 Å². The molecule has 6 nitrogen and oxygen atoms in total. The van der Waals surface area contributed by atoms with E-state index in [2.05, 4.69) is 21.1 Å². The minimum Gasteiger partial charge on any atom is -0.354 e. The monoisotopic (exact) mass is 350 g/mol. The molecule has 0 unspecified atom stereocenters. The van der Waals surface area contributed by atoms with Crippen LogP contribution in [0.25, 0.3) is 0 Å². The molecule has 0 saturated carbocycles. The molecule has 1 aromatic carbocycles. The van der Waals surface area contributed by atoms with Gasteiger partial charge in [0.05, 0.1) is 5.71 Å². The Bertz CT molecular complexity index is 608. The molecule has 0 aliphatic carbocycles. The van der Waals surface area contributed by atoms with Crippen molar-refractivity contribution in [2.45, 2.75) is 6.92 Å². The quantitative estimate of drug-likeness (QED) is 0.489. The molecule has 0 aromatic heterocycles. The van der Waals surface area contributed by atoms with Crippen LogP contribution in [0.1, 0.15) is 12.5 Å². The highest BCUT2D eigenvalue weighted by molar-refractivity contribution is 7.80. The lowest BCUT2D eigenvalue weighted by Crippen LogP contribution is -2.34. The third-order valence-corrected chi connectivity index (χ3v) is 3.70. The van der Waals surface area contributed by atoms with Crippen molar-refractivity contribution >= 4 is 46.1 Å². The van der Waals surface area contributed by atoms with E-state index in [9.17, 15) is 0 Å². The van der Waals surface area contributed by atoms with Crippen molar-refractivity contribution in [1.82, 2.24) is 20.7 Å². The minimum atomic E-state index is 0.517. The second-order valence-corrected chi connectivity index (χ2v) is 5.92. The van der Waals surface area contributed by atoms with E-state index in [4.69, 9.17) is 24.4 Å². The van der Waals surface area contributed by atoms with E-state index in [0.717, 1.165) is 5.56 Å². The maximum atomic E-state index is 5.20. The molecule has 8 heteroatoms. The molecule has 0 saturated heterocycles. The van der Waals surface area contributed by atoms with E-state index >= 15 is 0 Å². The molecule has 124 valence electrons. The zero-order valence-electron chi connectivity index (χ0n) is 14.0. The van der Waals surface area contributed by atoms with Crippen LogP contribution in [0.5, 0.6) is 0 Å². The molecule has 0 bridgehead atoms. The molecule has 0 radical (unpaired) electrons. The summed E-state index contributed by atoms with van der Waals surface area (Å²) in [5, 5.41) is 9.73. The number of benzene rings is 1.